The molecule has 0 N–H and O–H groups in total. The van der Waals surface area contributed by atoms with Gasteiger partial charge < -0.3 is 9.80 Å². The smallest absolute Gasteiger partial charge is 0.228 e. The Hall–Kier alpha value is -2.21. The maximum absolute atomic E-state index is 12.4. The minimum Gasteiger partial charge on any atom is -0.343 e. The number of amides is 2. The van der Waals surface area contributed by atoms with Crippen molar-refractivity contribution in [2.75, 3.05) is 26.2 Å². The van der Waals surface area contributed by atoms with Gasteiger partial charge in [0.15, 0.2) is 0 Å². The summed E-state index contributed by atoms with van der Waals surface area (Å²) >= 11 is 1.56. The van der Waals surface area contributed by atoms with Crippen molar-refractivity contribution in [3.8, 4) is 10.6 Å². The molecule has 5 nitrogen and oxygen atoms in total. The molecule has 2 heterocycles. The Balaban J connectivity index is 1.62. The van der Waals surface area contributed by atoms with Crippen LogP contribution >= 0.6 is 11.3 Å². The van der Waals surface area contributed by atoms with Crippen molar-refractivity contribution in [2.24, 2.45) is 0 Å². The predicted molar refractivity (Wildman–Crippen MR) is 90.1 cm³/mol. The van der Waals surface area contributed by atoms with Crippen LogP contribution in [0.2, 0.25) is 0 Å². The Morgan fingerprint density at radius 1 is 1.17 bits per heavy atom. The molecule has 6 heteroatoms. The Morgan fingerprint density at radius 3 is 2.78 bits per heavy atom. The Labute approximate surface area is 139 Å². The van der Waals surface area contributed by atoms with E-state index in [1.807, 2.05) is 40.6 Å². The van der Waals surface area contributed by atoms with E-state index in [0.717, 1.165) is 35.6 Å². The molecule has 23 heavy (non-hydrogen) atoms. The number of nitrogens with zero attached hydrogens (tertiary/aromatic N) is 3. The second-order valence-electron chi connectivity index (χ2n) is 5.56. The fourth-order valence-electron chi connectivity index (χ4n) is 2.66. The van der Waals surface area contributed by atoms with Crippen LogP contribution in [0.1, 0.15) is 12.1 Å². The van der Waals surface area contributed by atoms with Crippen molar-refractivity contribution in [1.29, 1.82) is 0 Å². The minimum absolute atomic E-state index is 0.0858. The highest BCUT2D eigenvalue weighted by Crippen LogP contribution is 2.23. The summed E-state index contributed by atoms with van der Waals surface area (Å²) < 4.78 is 0. The number of carbonyl (C=O) groups is 2. The van der Waals surface area contributed by atoms with Crippen molar-refractivity contribution in [3.63, 3.8) is 0 Å². The first kappa shape index (κ1) is 15.7. The van der Waals surface area contributed by atoms with Crippen molar-refractivity contribution in [1.82, 2.24) is 14.8 Å². The Morgan fingerprint density at radius 2 is 2.00 bits per heavy atom. The number of aromatic nitrogens is 1. The van der Waals surface area contributed by atoms with Crippen molar-refractivity contribution in [2.45, 2.75) is 12.8 Å². The molecule has 1 aromatic carbocycles. The van der Waals surface area contributed by atoms with E-state index < -0.39 is 0 Å². The Kier molecular flexibility index (Phi) is 5.02. The molecule has 1 aliphatic rings. The number of hydrogen-bond acceptors (Lipinski definition) is 4. The van der Waals surface area contributed by atoms with Crippen molar-refractivity contribution < 1.29 is 9.59 Å². The van der Waals surface area contributed by atoms with Crippen LogP contribution in [0.5, 0.6) is 0 Å². The highest BCUT2D eigenvalue weighted by atomic mass is 32.1. The van der Waals surface area contributed by atoms with E-state index in [1.165, 1.54) is 0 Å². The zero-order valence-electron chi connectivity index (χ0n) is 12.9. The maximum atomic E-state index is 12.4. The molecule has 0 radical (unpaired) electrons. The molecular formula is C17H19N3O2S. The van der Waals surface area contributed by atoms with Gasteiger partial charge in [0, 0.05) is 37.1 Å². The molecule has 120 valence electrons. The van der Waals surface area contributed by atoms with E-state index in [1.54, 1.807) is 16.2 Å². The predicted octanol–water partition coefficient (Wildman–Crippen LogP) is 2.04. The third-order valence-electron chi connectivity index (χ3n) is 3.94. The molecule has 0 spiro atoms. The third kappa shape index (κ3) is 3.96. The average Bonchev–Trinajstić information content (AvgIpc) is 2.91. The van der Waals surface area contributed by atoms with Crippen LogP contribution in [0.3, 0.4) is 0 Å². The van der Waals surface area contributed by atoms with Crippen LogP contribution in [-0.2, 0) is 16.0 Å². The SMILES string of the molecule is O=CN1CCCN(C(=O)Cc2csc(-c3ccccc3)n2)CC1. The normalized spacial score (nSPS) is 15.3. The van der Waals surface area contributed by atoms with Crippen molar-refractivity contribution >= 4 is 23.7 Å². The van der Waals surface area contributed by atoms with Gasteiger partial charge in [-0.2, -0.15) is 0 Å². The zero-order chi connectivity index (χ0) is 16.1. The number of benzene rings is 1. The summed E-state index contributed by atoms with van der Waals surface area (Å²) in [6.07, 6.45) is 2.02. The van der Waals surface area contributed by atoms with Crippen LogP contribution in [0.15, 0.2) is 35.7 Å². The number of rotatable bonds is 4. The monoisotopic (exact) mass is 329 g/mol. The lowest BCUT2D eigenvalue weighted by Crippen LogP contribution is -2.35. The molecule has 2 amide bonds. The summed E-state index contributed by atoms with van der Waals surface area (Å²) in [5.41, 5.74) is 1.89. The van der Waals surface area contributed by atoms with Gasteiger partial charge in [-0.15, -0.1) is 11.3 Å². The summed E-state index contributed by atoms with van der Waals surface area (Å²) in [6.45, 7) is 2.65. The lowest BCUT2D eigenvalue weighted by molar-refractivity contribution is -0.130. The first-order chi connectivity index (χ1) is 11.3. The van der Waals surface area contributed by atoms with E-state index in [2.05, 4.69) is 4.98 Å². The molecule has 2 aromatic rings. The fraction of sp³-hybridized carbons (Fsp3) is 0.353. The lowest BCUT2D eigenvalue weighted by atomic mass is 10.2. The molecule has 0 bridgehead atoms. The number of carbonyl (C=O) groups excluding carboxylic acids is 2. The molecular weight excluding hydrogens is 310 g/mol. The number of thiazole rings is 1. The van der Waals surface area contributed by atoms with Gasteiger partial charge in [0.1, 0.15) is 5.01 Å². The second kappa shape index (κ2) is 7.37. The van der Waals surface area contributed by atoms with Crippen LogP contribution in [0.25, 0.3) is 10.6 Å². The second-order valence-corrected chi connectivity index (χ2v) is 6.42. The lowest BCUT2D eigenvalue weighted by Gasteiger charge is -2.20. The van der Waals surface area contributed by atoms with E-state index in [4.69, 9.17) is 0 Å². The highest BCUT2D eigenvalue weighted by Gasteiger charge is 2.19. The summed E-state index contributed by atoms with van der Waals surface area (Å²) in [5.74, 6) is 0.0858. The van der Waals surface area contributed by atoms with E-state index >= 15 is 0 Å². The average molecular weight is 329 g/mol. The largest absolute Gasteiger partial charge is 0.343 e. The molecule has 1 fully saturated rings. The molecule has 3 rings (SSSR count). The zero-order valence-corrected chi connectivity index (χ0v) is 13.7. The molecule has 0 saturated carbocycles. The highest BCUT2D eigenvalue weighted by molar-refractivity contribution is 7.13. The third-order valence-corrected chi connectivity index (χ3v) is 4.88. The fourth-order valence-corrected chi connectivity index (χ4v) is 3.49. The number of hydrogen-bond donors (Lipinski definition) is 0. The van der Waals surface area contributed by atoms with Crippen LogP contribution in [0.4, 0.5) is 0 Å². The summed E-state index contributed by atoms with van der Waals surface area (Å²) in [6, 6.07) is 9.99. The van der Waals surface area contributed by atoms with Crippen LogP contribution in [-0.4, -0.2) is 53.3 Å². The molecule has 1 aromatic heterocycles. The topological polar surface area (TPSA) is 53.5 Å². The van der Waals surface area contributed by atoms with Gasteiger partial charge >= 0.3 is 0 Å². The van der Waals surface area contributed by atoms with E-state index in [-0.39, 0.29) is 5.91 Å². The quantitative estimate of drug-likeness (QED) is 0.807. The minimum atomic E-state index is 0.0858. The van der Waals surface area contributed by atoms with Crippen LogP contribution < -0.4 is 0 Å². The van der Waals surface area contributed by atoms with Gasteiger partial charge in [-0.1, -0.05) is 30.3 Å². The van der Waals surface area contributed by atoms with Crippen LogP contribution in [0, 0.1) is 0 Å². The standard InChI is InChI=1S/C17H19N3O2S/c21-13-19-7-4-8-20(10-9-19)16(22)11-15-12-23-17(18-15)14-5-2-1-3-6-14/h1-3,5-6,12-13H,4,7-11H2. The summed E-state index contributed by atoms with van der Waals surface area (Å²) in [5, 5.41) is 2.90. The molecule has 1 aliphatic heterocycles. The molecule has 0 aliphatic carbocycles. The van der Waals surface area contributed by atoms with Gasteiger partial charge in [0.05, 0.1) is 12.1 Å². The molecule has 0 atom stereocenters. The van der Waals surface area contributed by atoms with Gasteiger partial charge in [-0.25, -0.2) is 4.98 Å². The first-order valence-electron chi connectivity index (χ1n) is 7.73. The molecule has 0 unspecified atom stereocenters. The Bertz CT molecular complexity index is 671. The maximum Gasteiger partial charge on any atom is 0.228 e. The van der Waals surface area contributed by atoms with Gasteiger partial charge in [-0.05, 0) is 6.42 Å². The van der Waals surface area contributed by atoms with E-state index in [0.29, 0.717) is 26.1 Å². The van der Waals surface area contributed by atoms with Gasteiger partial charge in [0.2, 0.25) is 12.3 Å². The first-order valence-corrected chi connectivity index (χ1v) is 8.61. The summed E-state index contributed by atoms with van der Waals surface area (Å²) in [7, 11) is 0. The van der Waals surface area contributed by atoms with Gasteiger partial charge in [-0.3, -0.25) is 9.59 Å². The molecule has 1 saturated heterocycles. The van der Waals surface area contributed by atoms with E-state index in [9.17, 15) is 9.59 Å². The summed E-state index contributed by atoms with van der Waals surface area (Å²) in [4.78, 5) is 31.4. The van der Waals surface area contributed by atoms with Crippen molar-refractivity contribution in [3.05, 3.63) is 41.4 Å². The van der Waals surface area contributed by atoms with Gasteiger partial charge in [0.25, 0.3) is 0 Å².